The Morgan fingerprint density at radius 2 is 1.15 bits per heavy atom. The van der Waals surface area contributed by atoms with E-state index in [0.29, 0.717) is 0 Å². The van der Waals surface area contributed by atoms with Crippen LogP contribution in [0.2, 0.25) is 0 Å². The van der Waals surface area contributed by atoms with Crippen molar-refractivity contribution < 1.29 is 0 Å². The Bertz CT molecular complexity index is 2750. The monoisotopic (exact) mass is 816 g/mol. The van der Waals surface area contributed by atoms with Crippen LogP contribution in [0.4, 0.5) is 45.5 Å². The van der Waals surface area contributed by atoms with E-state index in [-0.39, 0.29) is 33.9 Å². The summed E-state index contributed by atoms with van der Waals surface area (Å²) in [6, 6.07) is 45.2. The Morgan fingerprint density at radius 1 is 0.548 bits per heavy atom. The largest absolute Gasteiger partial charge is 0.335 e. The molecule has 1 fully saturated rings. The molecule has 1 saturated carbocycles. The molecular formula is C58H66BN3. The van der Waals surface area contributed by atoms with Crippen LogP contribution in [-0.4, -0.2) is 12.3 Å². The van der Waals surface area contributed by atoms with E-state index in [1.807, 2.05) is 0 Å². The summed E-state index contributed by atoms with van der Waals surface area (Å²) in [5.41, 5.74) is 22.6. The minimum Gasteiger partial charge on any atom is -0.335 e. The van der Waals surface area contributed by atoms with Gasteiger partial charge in [-0.25, -0.2) is 0 Å². The average Bonchev–Trinajstić information content (AvgIpc) is 3.43. The molecule has 1 aliphatic carbocycles. The lowest BCUT2D eigenvalue weighted by Gasteiger charge is -2.53. The second-order valence-corrected chi connectivity index (χ2v) is 22.8. The van der Waals surface area contributed by atoms with Gasteiger partial charge in [0.2, 0.25) is 0 Å². The van der Waals surface area contributed by atoms with E-state index in [4.69, 9.17) is 0 Å². The van der Waals surface area contributed by atoms with Gasteiger partial charge in [0.1, 0.15) is 0 Å². The molecule has 2 atom stereocenters. The number of benzene rings is 6. The lowest BCUT2D eigenvalue weighted by Crippen LogP contribution is -2.64. The van der Waals surface area contributed by atoms with Gasteiger partial charge in [0.25, 0.3) is 6.71 Å². The minimum absolute atomic E-state index is 0.00164. The average molecular weight is 816 g/mol. The first-order valence-electron chi connectivity index (χ1n) is 23.4. The topological polar surface area (TPSA) is 9.72 Å². The molecule has 6 aromatic rings. The zero-order valence-corrected chi connectivity index (χ0v) is 39.7. The summed E-state index contributed by atoms with van der Waals surface area (Å²) >= 11 is 0. The third kappa shape index (κ3) is 5.91. The van der Waals surface area contributed by atoms with E-state index in [2.05, 4.69) is 220 Å². The van der Waals surface area contributed by atoms with Gasteiger partial charge in [-0.2, -0.15) is 0 Å². The smallest absolute Gasteiger partial charge is 0.252 e. The number of aryl methyl sites for hydroxylation is 2. The molecule has 10 rings (SSSR count). The van der Waals surface area contributed by atoms with E-state index >= 15 is 0 Å². The van der Waals surface area contributed by atoms with Crippen molar-refractivity contribution in [3.05, 3.63) is 149 Å². The van der Waals surface area contributed by atoms with Crippen LogP contribution < -0.4 is 31.1 Å². The van der Waals surface area contributed by atoms with Gasteiger partial charge in [-0.1, -0.05) is 155 Å². The molecule has 316 valence electrons. The summed E-state index contributed by atoms with van der Waals surface area (Å²) in [5.74, 6) is 0. The highest BCUT2D eigenvalue weighted by Crippen LogP contribution is 2.63. The standard InChI is InChI=1S/C58H66BN3/c1-37-21-14-16-25-47(37)61(48-26-17-15-22-38(48)2)43-35-50-52-51(36-43)62-53-44(57(12)29-18-19-30-58(57,62)13)32-41(56(9,10)11)33-46(53)59(52)45-28-27-40(55(6,7)8)34-49(45)60(50)42-24-20-23-39(31-42)54(3,4)5/h14-17,20-28,31-36H,18-19,29-30H2,1-13H3. The minimum atomic E-state index is -0.0975. The fourth-order valence-corrected chi connectivity index (χ4v) is 11.8. The zero-order chi connectivity index (χ0) is 43.9. The van der Waals surface area contributed by atoms with Gasteiger partial charge in [-0.05, 0) is 142 Å². The summed E-state index contributed by atoms with van der Waals surface area (Å²) < 4.78 is 0. The van der Waals surface area contributed by atoms with Crippen LogP contribution in [0.1, 0.15) is 135 Å². The maximum absolute atomic E-state index is 2.90. The number of hydrogen-bond acceptors (Lipinski definition) is 3. The molecule has 4 aliphatic rings. The number of hydrogen-bond donors (Lipinski definition) is 0. The highest BCUT2D eigenvalue weighted by Gasteiger charge is 2.61. The molecule has 3 aliphatic heterocycles. The van der Waals surface area contributed by atoms with E-state index in [9.17, 15) is 0 Å². The van der Waals surface area contributed by atoms with Crippen LogP contribution >= 0.6 is 0 Å². The maximum atomic E-state index is 2.90. The molecule has 3 heterocycles. The summed E-state index contributed by atoms with van der Waals surface area (Å²) in [6.45, 7) is 31.1. The summed E-state index contributed by atoms with van der Waals surface area (Å²) in [6.07, 6.45) is 4.86. The van der Waals surface area contributed by atoms with Crippen LogP contribution in [0, 0.1) is 13.8 Å². The first-order chi connectivity index (χ1) is 29.2. The highest BCUT2D eigenvalue weighted by molar-refractivity contribution is 7.00. The molecule has 0 amide bonds. The fourth-order valence-electron chi connectivity index (χ4n) is 11.8. The van der Waals surface area contributed by atoms with Crippen molar-refractivity contribution in [3.8, 4) is 0 Å². The summed E-state index contributed by atoms with van der Waals surface area (Å²) in [5, 5.41) is 0. The Kier molecular flexibility index (Phi) is 8.98. The Morgan fingerprint density at radius 3 is 1.77 bits per heavy atom. The molecule has 2 unspecified atom stereocenters. The Hall–Kier alpha value is -5.22. The van der Waals surface area contributed by atoms with E-state index in [1.54, 1.807) is 5.56 Å². The lowest BCUT2D eigenvalue weighted by molar-refractivity contribution is 0.195. The number of rotatable bonds is 4. The normalized spacial score (nSPS) is 20.1. The maximum Gasteiger partial charge on any atom is 0.252 e. The molecule has 3 nitrogen and oxygen atoms in total. The number of para-hydroxylation sites is 2. The first-order valence-corrected chi connectivity index (χ1v) is 23.4. The van der Waals surface area contributed by atoms with Crippen molar-refractivity contribution in [2.75, 3.05) is 14.7 Å². The molecule has 0 saturated heterocycles. The van der Waals surface area contributed by atoms with Gasteiger partial charge < -0.3 is 14.7 Å². The fraction of sp³-hybridized carbons (Fsp3) is 0.379. The number of nitrogens with zero attached hydrogens (tertiary/aromatic N) is 3. The third-order valence-corrected chi connectivity index (χ3v) is 15.7. The molecule has 0 N–H and O–H groups in total. The zero-order valence-electron chi connectivity index (χ0n) is 39.7. The Balaban J connectivity index is 1.39. The van der Waals surface area contributed by atoms with E-state index < -0.39 is 0 Å². The first kappa shape index (κ1) is 40.8. The third-order valence-electron chi connectivity index (χ3n) is 15.7. The van der Waals surface area contributed by atoms with Crippen LogP contribution in [0.25, 0.3) is 0 Å². The van der Waals surface area contributed by atoms with Crippen LogP contribution in [0.5, 0.6) is 0 Å². The molecule has 62 heavy (non-hydrogen) atoms. The van der Waals surface area contributed by atoms with Crippen molar-refractivity contribution in [1.82, 2.24) is 0 Å². The summed E-state index contributed by atoms with van der Waals surface area (Å²) in [4.78, 5) is 8.11. The number of fused-ring (bicyclic) bond motifs is 7. The second-order valence-electron chi connectivity index (χ2n) is 22.8. The molecular weight excluding hydrogens is 749 g/mol. The predicted octanol–water partition coefficient (Wildman–Crippen LogP) is 14.0. The molecule has 0 bridgehead atoms. The van der Waals surface area contributed by atoms with Crippen molar-refractivity contribution in [2.24, 2.45) is 0 Å². The van der Waals surface area contributed by atoms with Crippen LogP contribution in [0.15, 0.2) is 115 Å². The van der Waals surface area contributed by atoms with Gasteiger partial charge in [-0.3, -0.25) is 0 Å². The van der Waals surface area contributed by atoms with Crippen LogP contribution in [0.3, 0.4) is 0 Å². The second kappa shape index (κ2) is 13.6. The summed E-state index contributed by atoms with van der Waals surface area (Å²) in [7, 11) is 0. The highest BCUT2D eigenvalue weighted by atomic mass is 15.3. The Labute approximate surface area is 373 Å². The van der Waals surface area contributed by atoms with Gasteiger partial charge in [0.15, 0.2) is 0 Å². The molecule has 4 heteroatoms. The van der Waals surface area contributed by atoms with Gasteiger partial charge in [-0.15, -0.1) is 0 Å². The van der Waals surface area contributed by atoms with Crippen molar-refractivity contribution in [3.63, 3.8) is 0 Å². The van der Waals surface area contributed by atoms with Crippen molar-refractivity contribution >= 4 is 68.6 Å². The SMILES string of the molecule is Cc1ccccc1N(c1cc2c3c(c1)N1c4c(cc(C(C)(C)C)cc4C4(C)CCCCC14C)B3c1ccc(C(C)(C)C)cc1N2c1cccc(C(C)(C)C)c1)c1ccccc1C. The molecule has 0 aromatic heterocycles. The predicted molar refractivity (Wildman–Crippen MR) is 269 cm³/mol. The number of anilines is 8. The van der Waals surface area contributed by atoms with Gasteiger partial charge in [0.05, 0.1) is 11.2 Å². The van der Waals surface area contributed by atoms with E-state index in [0.717, 1.165) is 6.42 Å². The van der Waals surface area contributed by atoms with Crippen molar-refractivity contribution in [2.45, 2.75) is 143 Å². The van der Waals surface area contributed by atoms with Gasteiger partial charge in [0, 0.05) is 45.2 Å². The lowest BCUT2D eigenvalue weighted by atomic mass is 9.33. The molecule has 0 radical (unpaired) electrons. The quantitative estimate of drug-likeness (QED) is 0.164. The molecule has 6 aromatic carbocycles. The molecule has 0 spiro atoms. The van der Waals surface area contributed by atoms with Crippen molar-refractivity contribution in [1.29, 1.82) is 0 Å². The van der Waals surface area contributed by atoms with E-state index in [1.165, 1.54) is 109 Å². The van der Waals surface area contributed by atoms with Crippen LogP contribution in [-0.2, 0) is 21.7 Å². The van der Waals surface area contributed by atoms with Gasteiger partial charge >= 0.3 is 0 Å².